The molecule has 0 bridgehead atoms. The maximum absolute atomic E-state index is 12.7. The summed E-state index contributed by atoms with van der Waals surface area (Å²) in [5.41, 5.74) is 3.18. The first kappa shape index (κ1) is 22.5. The van der Waals surface area contributed by atoms with Crippen LogP contribution in [0.3, 0.4) is 0 Å². The molecule has 2 aromatic carbocycles. The molecule has 3 heterocycles. The highest BCUT2D eigenvalue weighted by atomic mass is 32.2. The van der Waals surface area contributed by atoms with Gasteiger partial charge in [-0.2, -0.15) is 4.98 Å². The van der Waals surface area contributed by atoms with Crippen molar-refractivity contribution in [3.8, 4) is 17.4 Å². The number of benzene rings is 2. The molecule has 0 unspecified atom stereocenters. The molecule has 0 atom stereocenters. The zero-order valence-electron chi connectivity index (χ0n) is 19.3. The van der Waals surface area contributed by atoms with Crippen LogP contribution in [0, 0.1) is 20.8 Å². The highest BCUT2D eigenvalue weighted by Gasteiger charge is 2.18. The van der Waals surface area contributed by atoms with Crippen LogP contribution in [-0.2, 0) is 15.8 Å². The van der Waals surface area contributed by atoms with E-state index < -0.39 is 10.0 Å². The zero-order chi connectivity index (χ0) is 24.6. The molecular weight excluding hydrogens is 468 g/mol. The SMILES string of the molecule is Cc1nc(Oc2ccc(NS(=O)(=O)Cc3noc4ccccc34)cc2)cc(-n2cnc(C)c2C)n1. The number of imidazole rings is 1. The minimum Gasteiger partial charge on any atom is -0.439 e. The quantitative estimate of drug-likeness (QED) is 0.354. The molecule has 0 aliphatic rings. The van der Waals surface area contributed by atoms with E-state index in [-0.39, 0.29) is 5.75 Å². The first-order valence-corrected chi connectivity index (χ1v) is 12.4. The van der Waals surface area contributed by atoms with Crippen LogP contribution < -0.4 is 9.46 Å². The molecule has 0 aliphatic carbocycles. The molecule has 35 heavy (non-hydrogen) atoms. The van der Waals surface area contributed by atoms with Gasteiger partial charge in [-0.05, 0) is 57.2 Å². The van der Waals surface area contributed by atoms with Gasteiger partial charge in [0.25, 0.3) is 0 Å². The van der Waals surface area contributed by atoms with Crippen molar-refractivity contribution in [1.82, 2.24) is 24.7 Å². The summed E-state index contributed by atoms with van der Waals surface area (Å²) >= 11 is 0. The lowest BCUT2D eigenvalue weighted by atomic mass is 10.2. The fourth-order valence-electron chi connectivity index (χ4n) is 3.58. The van der Waals surface area contributed by atoms with E-state index in [4.69, 9.17) is 9.26 Å². The predicted octanol–water partition coefficient (Wildman–Crippen LogP) is 4.46. The monoisotopic (exact) mass is 490 g/mol. The minimum atomic E-state index is -3.71. The van der Waals surface area contributed by atoms with Gasteiger partial charge in [-0.3, -0.25) is 9.29 Å². The summed E-state index contributed by atoms with van der Waals surface area (Å²) in [5.74, 6) is 1.75. The standard InChI is InChI=1S/C24H22N6O4S/c1-15-16(2)30(14-25-15)23-12-24(27-17(3)26-23)33-19-10-8-18(9-11-19)29-35(31,32)13-21-20-6-4-5-7-22(20)34-28-21/h4-12,14,29H,13H2,1-3H3. The summed E-state index contributed by atoms with van der Waals surface area (Å²) in [6.07, 6.45) is 1.71. The number of nitrogens with one attached hydrogen (secondary N) is 1. The van der Waals surface area contributed by atoms with Crippen LogP contribution in [0.25, 0.3) is 16.8 Å². The number of aryl methyl sites for hydroxylation is 2. The molecule has 3 aromatic heterocycles. The zero-order valence-corrected chi connectivity index (χ0v) is 20.1. The van der Waals surface area contributed by atoms with Crippen LogP contribution in [0.1, 0.15) is 22.9 Å². The van der Waals surface area contributed by atoms with Crippen molar-refractivity contribution in [2.75, 3.05) is 4.72 Å². The lowest BCUT2D eigenvalue weighted by Gasteiger charge is -2.11. The maximum atomic E-state index is 12.7. The molecule has 10 nitrogen and oxygen atoms in total. The lowest BCUT2D eigenvalue weighted by molar-refractivity contribution is 0.448. The summed E-state index contributed by atoms with van der Waals surface area (Å²) < 4.78 is 40.9. The van der Waals surface area contributed by atoms with Crippen molar-refractivity contribution in [3.05, 3.63) is 83.8 Å². The first-order chi connectivity index (χ1) is 16.8. The third-order valence-corrected chi connectivity index (χ3v) is 6.63. The largest absolute Gasteiger partial charge is 0.439 e. The first-order valence-electron chi connectivity index (χ1n) is 10.8. The molecule has 0 amide bonds. The van der Waals surface area contributed by atoms with Crippen LogP contribution in [-0.4, -0.2) is 33.1 Å². The van der Waals surface area contributed by atoms with Gasteiger partial charge in [0.05, 0.1) is 5.69 Å². The summed E-state index contributed by atoms with van der Waals surface area (Å²) in [7, 11) is -3.71. The maximum Gasteiger partial charge on any atom is 0.238 e. The highest BCUT2D eigenvalue weighted by molar-refractivity contribution is 7.91. The van der Waals surface area contributed by atoms with Crippen LogP contribution in [0.4, 0.5) is 5.69 Å². The van der Waals surface area contributed by atoms with Crippen molar-refractivity contribution in [1.29, 1.82) is 0 Å². The molecule has 1 N–H and O–H groups in total. The van der Waals surface area contributed by atoms with Gasteiger partial charge in [-0.1, -0.05) is 17.3 Å². The van der Waals surface area contributed by atoms with E-state index in [1.165, 1.54) is 0 Å². The van der Waals surface area contributed by atoms with Gasteiger partial charge in [-0.15, -0.1) is 0 Å². The van der Waals surface area contributed by atoms with Crippen molar-refractivity contribution >= 4 is 26.7 Å². The van der Waals surface area contributed by atoms with Gasteiger partial charge < -0.3 is 9.26 Å². The molecule has 0 radical (unpaired) electrons. The van der Waals surface area contributed by atoms with Crippen LogP contribution in [0.2, 0.25) is 0 Å². The Morgan fingerprint density at radius 1 is 1.03 bits per heavy atom. The molecular formula is C24H22N6O4S. The molecule has 5 rings (SSSR count). The molecule has 0 saturated carbocycles. The Hall–Kier alpha value is -4.25. The average Bonchev–Trinajstić information content (AvgIpc) is 3.37. The normalized spacial score (nSPS) is 11.6. The fraction of sp³-hybridized carbons (Fsp3) is 0.167. The van der Waals surface area contributed by atoms with Gasteiger partial charge >= 0.3 is 0 Å². The highest BCUT2D eigenvalue weighted by Crippen LogP contribution is 2.25. The van der Waals surface area contributed by atoms with Crippen molar-refractivity contribution in [2.45, 2.75) is 26.5 Å². The Morgan fingerprint density at radius 2 is 1.80 bits per heavy atom. The van der Waals surface area contributed by atoms with Gasteiger partial charge in [0, 0.05) is 22.8 Å². The van der Waals surface area contributed by atoms with Crippen LogP contribution in [0.15, 0.2) is 65.4 Å². The second-order valence-corrected chi connectivity index (χ2v) is 9.73. The Morgan fingerprint density at radius 3 is 2.54 bits per heavy atom. The summed E-state index contributed by atoms with van der Waals surface area (Å²) in [5, 5.41) is 4.56. The van der Waals surface area contributed by atoms with Gasteiger partial charge in [0.2, 0.25) is 15.9 Å². The summed E-state index contributed by atoms with van der Waals surface area (Å²) in [4.78, 5) is 13.1. The third kappa shape index (κ3) is 4.85. The fourth-order valence-corrected chi connectivity index (χ4v) is 4.72. The van der Waals surface area contributed by atoms with E-state index in [2.05, 4.69) is 24.8 Å². The minimum absolute atomic E-state index is 0.307. The predicted molar refractivity (Wildman–Crippen MR) is 130 cm³/mol. The van der Waals surface area contributed by atoms with E-state index in [0.29, 0.717) is 45.6 Å². The van der Waals surface area contributed by atoms with E-state index in [1.54, 1.807) is 61.8 Å². The average molecular weight is 491 g/mol. The van der Waals surface area contributed by atoms with E-state index in [1.807, 2.05) is 24.5 Å². The number of rotatable bonds is 7. The second kappa shape index (κ2) is 8.84. The van der Waals surface area contributed by atoms with E-state index in [0.717, 1.165) is 11.4 Å². The number of para-hydroxylation sites is 1. The van der Waals surface area contributed by atoms with E-state index >= 15 is 0 Å². The van der Waals surface area contributed by atoms with Crippen molar-refractivity contribution < 1.29 is 17.7 Å². The molecule has 0 fully saturated rings. The number of anilines is 1. The molecule has 0 saturated heterocycles. The van der Waals surface area contributed by atoms with Gasteiger partial charge in [0.15, 0.2) is 5.58 Å². The van der Waals surface area contributed by atoms with Crippen LogP contribution in [0.5, 0.6) is 11.6 Å². The molecule has 0 aliphatic heterocycles. The second-order valence-electron chi connectivity index (χ2n) is 8.01. The molecule has 0 spiro atoms. The molecule has 11 heteroatoms. The molecule has 178 valence electrons. The van der Waals surface area contributed by atoms with E-state index in [9.17, 15) is 8.42 Å². The molecule has 5 aromatic rings. The Kier molecular flexibility index (Phi) is 5.69. The summed E-state index contributed by atoms with van der Waals surface area (Å²) in [6, 6.07) is 15.4. The number of aromatic nitrogens is 5. The van der Waals surface area contributed by atoms with Crippen molar-refractivity contribution in [2.24, 2.45) is 0 Å². The lowest BCUT2D eigenvalue weighted by Crippen LogP contribution is -2.15. The number of ether oxygens (including phenoxy) is 1. The Bertz CT molecular complexity index is 1620. The smallest absolute Gasteiger partial charge is 0.238 e. The van der Waals surface area contributed by atoms with Crippen LogP contribution >= 0.6 is 0 Å². The number of fused-ring (bicyclic) bond motifs is 1. The van der Waals surface area contributed by atoms with Gasteiger partial charge in [-0.25, -0.2) is 18.4 Å². The Balaban J connectivity index is 1.30. The Labute approximate surface area is 201 Å². The summed E-state index contributed by atoms with van der Waals surface area (Å²) in [6.45, 7) is 5.68. The third-order valence-electron chi connectivity index (χ3n) is 5.43. The number of nitrogens with zero attached hydrogens (tertiary/aromatic N) is 5. The number of hydrogen-bond acceptors (Lipinski definition) is 8. The topological polar surface area (TPSA) is 125 Å². The number of hydrogen-bond donors (Lipinski definition) is 1. The number of sulfonamides is 1. The van der Waals surface area contributed by atoms with Gasteiger partial charge in [0.1, 0.15) is 35.2 Å². The van der Waals surface area contributed by atoms with Crippen molar-refractivity contribution in [3.63, 3.8) is 0 Å².